The predicted octanol–water partition coefficient (Wildman–Crippen LogP) is 3.65. The van der Waals surface area contributed by atoms with Gasteiger partial charge in [-0.2, -0.15) is 5.10 Å². The Labute approximate surface area is 160 Å². The van der Waals surface area contributed by atoms with Crippen LogP contribution < -0.4 is 5.32 Å². The number of carbonyl (C=O) groups excluding carboxylic acids is 1. The molecule has 0 radical (unpaired) electrons. The summed E-state index contributed by atoms with van der Waals surface area (Å²) in [4.78, 5) is 17.3. The van der Waals surface area contributed by atoms with Gasteiger partial charge >= 0.3 is 0 Å². The molecule has 1 aromatic heterocycles. The summed E-state index contributed by atoms with van der Waals surface area (Å²) in [6.07, 6.45) is 5.79. The number of aryl methyl sites for hydroxylation is 2. The summed E-state index contributed by atoms with van der Waals surface area (Å²) in [6, 6.07) is 6.44. The van der Waals surface area contributed by atoms with E-state index in [1.54, 1.807) is 6.92 Å². The molecule has 0 spiro atoms. The maximum atomic E-state index is 12.4. The fraction of sp³-hybridized carbons (Fsp3) is 0.476. The lowest BCUT2D eigenvalue weighted by molar-refractivity contribution is -0.115. The predicted molar refractivity (Wildman–Crippen MR) is 106 cm³/mol. The topological polar surface area (TPSA) is 68.5 Å². The third-order valence-corrected chi connectivity index (χ3v) is 5.10. The third kappa shape index (κ3) is 4.04. The Kier molecular flexibility index (Phi) is 5.94. The van der Waals surface area contributed by atoms with Crippen LogP contribution in [0, 0.1) is 6.92 Å². The van der Waals surface area contributed by atoms with E-state index in [0.717, 1.165) is 36.9 Å². The molecule has 1 aliphatic carbocycles. The zero-order valence-electron chi connectivity index (χ0n) is 16.6. The minimum atomic E-state index is -0.197. The smallest absolute Gasteiger partial charge is 0.269 e. The van der Waals surface area contributed by atoms with Gasteiger partial charge in [0.2, 0.25) is 0 Å². The number of nitrogens with zero attached hydrogens (tertiary/aromatic N) is 3. The third-order valence-electron chi connectivity index (χ3n) is 5.10. The number of amides is 1. The number of fused-ring (bicyclic) bond motifs is 1. The summed E-state index contributed by atoms with van der Waals surface area (Å²) < 4.78 is 2.02. The van der Waals surface area contributed by atoms with Crippen LogP contribution in [0.2, 0.25) is 0 Å². The van der Waals surface area contributed by atoms with Gasteiger partial charge in [-0.15, -0.1) is 0 Å². The van der Waals surface area contributed by atoms with Crippen molar-refractivity contribution < 1.29 is 9.63 Å². The van der Waals surface area contributed by atoms with E-state index in [9.17, 15) is 4.79 Å². The Morgan fingerprint density at radius 2 is 2.22 bits per heavy atom. The number of hydrogen-bond donors (Lipinski definition) is 1. The van der Waals surface area contributed by atoms with E-state index < -0.39 is 0 Å². The highest BCUT2D eigenvalue weighted by Crippen LogP contribution is 2.31. The number of aromatic nitrogens is 2. The Balaban J connectivity index is 1.84. The summed E-state index contributed by atoms with van der Waals surface area (Å²) in [5, 5.41) is 11.5. The molecule has 1 heterocycles. The van der Waals surface area contributed by atoms with Crippen LogP contribution in [0.5, 0.6) is 0 Å². The van der Waals surface area contributed by atoms with Crippen molar-refractivity contribution in [2.24, 2.45) is 5.16 Å². The number of rotatable bonds is 6. The van der Waals surface area contributed by atoms with Crippen LogP contribution in [0.1, 0.15) is 62.0 Å². The first-order chi connectivity index (χ1) is 13.0. The number of carbonyl (C=O) groups is 1. The molecular weight excluding hydrogens is 340 g/mol. The molecule has 0 saturated heterocycles. The Bertz CT molecular complexity index is 854. The highest BCUT2D eigenvalue weighted by Gasteiger charge is 2.26. The lowest BCUT2D eigenvalue weighted by Crippen LogP contribution is -2.35. The summed E-state index contributed by atoms with van der Waals surface area (Å²) in [6.45, 7) is 8.26. The Morgan fingerprint density at radius 1 is 1.41 bits per heavy atom. The fourth-order valence-electron chi connectivity index (χ4n) is 3.60. The first kappa shape index (κ1) is 19.1. The Hall–Kier alpha value is -2.63. The van der Waals surface area contributed by atoms with E-state index in [4.69, 9.17) is 4.84 Å². The molecule has 0 fully saturated rings. The van der Waals surface area contributed by atoms with Crippen LogP contribution in [0.15, 0.2) is 29.6 Å². The van der Waals surface area contributed by atoms with E-state index in [1.165, 1.54) is 16.8 Å². The average Bonchev–Trinajstić information content (AvgIpc) is 3.11. The number of benzene rings is 1. The molecule has 1 unspecified atom stereocenters. The van der Waals surface area contributed by atoms with E-state index in [2.05, 4.69) is 47.6 Å². The van der Waals surface area contributed by atoms with Gasteiger partial charge in [0.15, 0.2) is 0 Å². The molecule has 144 valence electrons. The minimum absolute atomic E-state index is 0.0437. The maximum Gasteiger partial charge on any atom is 0.269 e. The molecule has 27 heavy (non-hydrogen) atoms. The monoisotopic (exact) mass is 368 g/mol. The number of nitrogens with one attached hydrogen (secondary N) is 1. The molecule has 1 atom stereocenters. The normalized spacial score (nSPS) is 16.7. The van der Waals surface area contributed by atoms with E-state index >= 15 is 0 Å². The molecule has 0 saturated carbocycles. The van der Waals surface area contributed by atoms with Crippen molar-refractivity contribution >= 4 is 11.6 Å². The van der Waals surface area contributed by atoms with Crippen molar-refractivity contribution in [2.75, 3.05) is 6.61 Å². The van der Waals surface area contributed by atoms with Gasteiger partial charge in [-0.1, -0.05) is 18.1 Å². The van der Waals surface area contributed by atoms with Gasteiger partial charge in [-0.3, -0.25) is 4.79 Å². The molecule has 3 rings (SSSR count). The van der Waals surface area contributed by atoms with Crippen molar-refractivity contribution in [3.05, 3.63) is 46.8 Å². The first-order valence-corrected chi connectivity index (χ1v) is 9.69. The lowest BCUT2D eigenvalue weighted by Gasteiger charge is -2.24. The van der Waals surface area contributed by atoms with Gasteiger partial charge in [-0.05, 0) is 69.7 Å². The second-order valence-corrected chi connectivity index (χ2v) is 6.94. The molecule has 2 aromatic rings. The van der Waals surface area contributed by atoms with Crippen molar-refractivity contribution in [3.63, 3.8) is 0 Å². The van der Waals surface area contributed by atoms with Gasteiger partial charge in [0.1, 0.15) is 12.3 Å². The molecule has 0 bridgehead atoms. The largest absolute Gasteiger partial charge is 0.396 e. The molecule has 1 N–H and O–H groups in total. The first-order valence-electron chi connectivity index (χ1n) is 9.69. The van der Waals surface area contributed by atoms with Crippen molar-refractivity contribution in [1.82, 2.24) is 15.1 Å². The maximum absolute atomic E-state index is 12.4. The molecule has 1 aromatic carbocycles. The summed E-state index contributed by atoms with van der Waals surface area (Å²) in [5.74, 6) is -0.197. The molecule has 1 aliphatic rings. The van der Waals surface area contributed by atoms with E-state index in [0.29, 0.717) is 12.3 Å². The Morgan fingerprint density at radius 3 is 2.93 bits per heavy atom. The molecule has 0 aliphatic heterocycles. The molecular formula is C21H28N4O2. The van der Waals surface area contributed by atoms with Crippen molar-refractivity contribution in [3.8, 4) is 5.69 Å². The quantitative estimate of drug-likeness (QED) is 0.625. The zero-order valence-corrected chi connectivity index (χ0v) is 16.6. The van der Waals surface area contributed by atoms with Gasteiger partial charge in [0.25, 0.3) is 5.91 Å². The van der Waals surface area contributed by atoms with E-state index in [1.807, 2.05) is 17.8 Å². The van der Waals surface area contributed by atoms with Crippen molar-refractivity contribution in [2.45, 2.75) is 59.4 Å². The minimum Gasteiger partial charge on any atom is -0.396 e. The summed E-state index contributed by atoms with van der Waals surface area (Å²) in [5.41, 5.74) is 6.32. The SMILES string of the molecule is CCO/N=C(\C)C(=O)NC1CCCc2c1cnn2-c1ccc(CC)c(C)c1. The highest BCUT2D eigenvalue weighted by atomic mass is 16.6. The van der Waals surface area contributed by atoms with Crippen molar-refractivity contribution in [1.29, 1.82) is 0 Å². The van der Waals surface area contributed by atoms with Crippen LogP contribution in [0.3, 0.4) is 0 Å². The number of oxime groups is 1. The van der Waals surface area contributed by atoms with Crippen LogP contribution >= 0.6 is 0 Å². The van der Waals surface area contributed by atoms with E-state index in [-0.39, 0.29) is 11.9 Å². The average molecular weight is 368 g/mol. The second kappa shape index (κ2) is 8.37. The van der Waals surface area contributed by atoms with Crippen LogP contribution in [0.25, 0.3) is 5.69 Å². The highest BCUT2D eigenvalue weighted by molar-refractivity contribution is 6.37. The van der Waals surface area contributed by atoms with Crippen LogP contribution in [-0.4, -0.2) is 28.0 Å². The standard InChI is InChI=1S/C21H28N4O2/c1-5-16-10-11-17(12-14(16)3)25-20-9-7-8-19(18(20)13-22-25)23-21(26)15(4)24-27-6-2/h10-13,19H,5-9H2,1-4H3,(H,23,26)/b24-15+. The molecule has 6 heteroatoms. The zero-order chi connectivity index (χ0) is 19.4. The summed E-state index contributed by atoms with van der Waals surface area (Å²) in [7, 11) is 0. The lowest BCUT2D eigenvalue weighted by atomic mass is 9.92. The van der Waals surface area contributed by atoms with Crippen LogP contribution in [0.4, 0.5) is 0 Å². The number of hydrogen-bond acceptors (Lipinski definition) is 4. The molecule has 1 amide bonds. The summed E-state index contributed by atoms with van der Waals surface area (Å²) >= 11 is 0. The fourth-order valence-corrected chi connectivity index (χ4v) is 3.60. The van der Waals surface area contributed by atoms with Gasteiger partial charge < -0.3 is 10.2 Å². The molecule has 6 nitrogen and oxygen atoms in total. The van der Waals surface area contributed by atoms with Gasteiger partial charge in [0.05, 0.1) is 17.9 Å². The van der Waals surface area contributed by atoms with Gasteiger partial charge in [-0.25, -0.2) is 4.68 Å². The van der Waals surface area contributed by atoms with Crippen LogP contribution in [-0.2, 0) is 22.5 Å². The second-order valence-electron chi connectivity index (χ2n) is 6.94. The van der Waals surface area contributed by atoms with Gasteiger partial charge in [0, 0.05) is 11.3 Å².